The minimum Gasteiger partial charge on any atom is -0.343 e. The molecule has 2 aliphatic rings. The molecule has 4 nitrogen and oxygen atoms in total. The molecule has 0 aliphatic carbocycles. The summed E-state index contributed by atoms with van der Waals surface area (Å²) in [5.74, 6) is -0.677. The van der Waals surface area contributed by atoms with Crippen LogP contribution in [0, 0.1) is 0 Å². The lowest BCUT2D eigenvalue weighted by atomic mass is 10.1. The van der Waals surface area contributed by atoms with Crippen molar-refractivity contribution in [1.82, 2.24) is 4.90 Å². The predicted octanol–water partition coefficient (Wildman–Crippen LogP) is 1.09. The van der Waals surface area contributed by atoms with E-state index < -0.39 is 5.79 Å². The Morgan fingerprint density at radius 1 is 1.44 bits per heavy atom. The van der Waals surface area contributed by atoms with Crippen LogP contribution in [0.25, 0.3) is 0 Å². The second-order valence-corrected chi connectivity index (χ2v) is 4.56. The van der Waals surface area contributed by atoms with Gasteiger partial charge in [-0.1, -0.05) is 12.7 Å². The largest absolute Gasteiger partial charge is 0.343 e. The topological polar surface area (TPSA) is 38.8 Å². The van der Waals surface area contributed by atoms with Crippen LogP contribution in [-0.2, 0) is 14.3 Å². The smallest absolute Gasteiger partial charge is 0.246 e. The molecular weight excluding hydrogens is 206 g/mol. The fraction of sp³-hybridized carbons (Fsp3) is 0.583. The maximum atomic E-state index is 11.6. The van der Waals surface area contributed by atoms with Gasteiger partial charge in [-0.25, -0.2) is 0 Å². The number of nitrogens with zero attached hydrogens (tertiary/aromatic N) is 1. The van der Waals surface area contributed by atoms with Crippen molar-refractivity contribution < 1.29 is 14.3 Å². The molecule has 2 fully saturated rings. The molecule has 0 saturated carbocycles. The van der Waals surface area contributed by atoms with Gasteiger partial charge in [0.2, 0.25) is 5.91 Å². The standard InChI is InChI=1S/C12H17NO3/c1-5-8-11-9(15-12(3,4)16-11)7-13(8)10(14)6-2/h5-6,8-9,11H,1-2,7H2,3-4H3/t8-,9+,11-/m0/s1. The summed E-state index contributed by atoms with van der Waals surface area (Å²) in [5.41, 5.74) is 0. The van der Waals surface area contributed by atoms with E-state index in [0.29, 0.717) is 6.54 Å². The maximum absolute atomic E-state index is 11.6. The van der Waals surface area contributed by atoms with Gasteiger partial charge in [-0.2, -0.15) is 0 Å². The lowest BCUT2D eigenvalue weighted by Crippen LogP contribution is -2.39. The van der Waals surface area contributed by atoms with Crippen LogP contribution in [0.5, 0.6) is 0 Å². The van der Waals surface area contributed by atoms with Gasteiger partial charge in [0.25, 0.3) is 0 Å². The Labute approximate surface area is 95.5 Å². The van der Waals surface area contributed by atoms with Gasteiger partial charge in [-0.3, -0.25) is 4.79 Å². The van der Waals surface area contributed by atoms with E-state index in [1.807, 2.05) is 13.8 Å². The first-order valence-electron chi connectivity index (χ1n) is 5.40. The van der Waals surface area contributed by atoms with Crippen molar-refractivity contribution in [3.05, 3.63) is 25.3 Å². The van der Waals surface area contributed by atoms with Crippen LogP contribution in [0.4, 0.5) is 0 Å². The van der Waals surface area contributed by atoms with E-state index in [1.54, 1.807) is 11.0 Å². The molecule has 0 unspecified atom stereocenters. The van der Waals surface area contributed by atoms with E-state index in [4.69, 9.17) is 9.47 Å². The number of hydrogen-bond acceptors (Lipinski definition) is 3. The van der Waals surface area contributed by atoms with Crippen LogP contribution in [0.15, 0.2) is 25.3 Å². The molecule has 1 amide bonds. The Morgan fingerprint density at radius 3 is 2.69 bits per heavy atom. The summed E-state index contributed by atoms with van der Waals surface area (Å²) >= 11 is 0. The molecule has 0 bridgehead atoms. The van der Waals surface area contributed by atoms with E-state index in [9.17, 15) is 4.79 Å². The number of rotatable bonds is 2. The summed E-state index contributed by atoms with van der Waals surface area (Å²) in [7, 11) is 0. The SMILES string of the molecule is C=CC(=O)N1C[C@H]2OC(C)(C)O[C@H]2[C@@H]1C=C. The third kappa shape index (κ3) is 1.68. The number of carbonyl (C=O) groups is 1. The summed E-state index contributed by atoms with van der Waals surface area (Å²) in [5, 5.41) is 0. The third-order valence-corrected chi connectivity index (χ3v) is 2.99. The monoisotopic (exact) mass is 223 g/mol. The van der Waals surface area contributed by atoms with Gasteiger partial charge >= 0.3 is 0 Å². The van der Waals surface area contributed by atoms with Crippen molar-refractivity contribution in [3.63, 3.8) is 0 Å². The van der Waals surface area contributed by atoms with Crippen molar-refractivity contribution in [2.75, 3.05) is 6.54 Å². The van der Waals surface area contributed by atoms with Gasteiger partial charge in [0.1, 0.15) is 12.2 Å². The number of hydrogen-bond donors (Lipinski definition) is 0. The van der Waals surface area contributed by atoms with E-state index in [-0.39, 0.29) is 24.2 Å². The third-order valence-electron chi connectivity index (χ3n) is 2.99. The molecule has 0 spiro atoms. The molecule has 0 aromatic carbocycles. The van der Waals surface area contributed by atoms with Crippen molar-refractivity contribution in [2.24, 2.45) is 0 Å². The molecule has 2 aliphatic heterocycles. The zero-order chi connectivity index (χ0) is 11.9. The Bertz CT molecular complexity index is 337. The first kappa shape index (κ1) is 11.4. The van der Waals surface area contributed by atoms with Gasteiger partial charge in [-0.05, 0) is 19.9 Å². The number of amides is 1. The van der Waals surface area contributed by atoms with Crippen molar-refractivity contribution >= 4 is 5.91 Å². The molecule has 2 saturated heterocycles. The van der Waals surface area contributed by atoms with Gasteiger partial charge in [-0.15, -0.1) is 6.58 Å². The lowest BCUT2D eigenvalue weighted by molar-refractivity contribution is -0.163. The molecule has 0 aromatic heterocycles. The van der Waals surface area contributed by atoms with Crippen molar-refractivity contribution in [1.29, 1.82) is 0 Å². The summed E-state index contributed by atoms with van der Waals surface area (Å²) in [4.78, 5) is 13.3. The fourth-order valence-corrected chi connectivity index (χ4v) is 2.40. The van der Waals surface area contributed by atoms with Gasteiger partial charge in [0.05, 0.1) is 12.6 Å². The first-order chi connectivity index (χ1) is 7.48. The molecule has 88 valence electrons. The van der Waals surface area contributed by atoms with E-state index >= 15 is 0 Å². The second-order valence-electron chi connectivity index (χ2n) is 4.56. The minimum absolute atomic E-state index is 0.0677. The Morgan fingerprint density at radius 2 is 2.12 bits per heavy atom. The normalized spacial score (nSPS) is 35.9. The number of ether oxygens (including phenoxy) is 2. The van der Waals surface area contributed by atoms with Crippen LogP contribution in [-0.4, -0.2) is 41.4 Å². The number of carbonyl (C=O) groups excluding carboxylic acids is 1. The summed E-state index contributed by atoms with van der Waals surface area (Å²) in [6, 6.07) is -0.128. The van der Waals surface area contributed by atoms with E-state index in [1.165, 1.54) is 6.08 Å². The Balaban J connectivity index is 2.18. The number of fused-ring (bicyclic) bond motifs is 1. The highest BCUT2D eigenvalue weighted by Gasteiger charge is 2.52. The van der Waals surface area contributed by atoms with Crippen LogP contribution in [0.1, 0.15) is 13.8 Å². The highest BCUT2D eigenvalue weighted by atomic mass is 16.8. The Hall–Kier alpha value is -1.13. The molecule has 0 N–H and O–H groups in total. The van der Waals surface area contributed by atoms with Gasteiger partial charge in [0, 0.05) is 0 Å². The second kappa shape index (κ2) is 3.71. The highest BCUT2D eigenvalue weighted by molar-refractivity contribution is 5.87. The molecule has 16 heavy (non-hydrogen) atoms. The van der Waals surface area contributed by atoms with Gasteiger partial charge in [0.15, 0.2) is 5.79 Å². The Kier molecular flexibility index (Phi) is 2.64. The maximum Gasteiger partial charge on any atom is 0.246 e. The summed E-state index contributed by atoms with van der Waals surface area (Å²) in [6.07, 6.45) is 2.86. The predicted molar refractivity (Wildman–Crippen MR) is 59.7 cm³/mol. The molecule has 4 heteroatoms. The zero-order valence-electron chi connectivity index (χ0n) is 9.68. The lowest BCUT2D eigenvalue weighted by Gasteiger charge is -2.27. The summed E-state index contributed by atoms with van der Waals surface area (Å²) < 4.78 is 11.5. The van der Waals surface area contributed by atoms with Crippen molar-refractivity contribution in [2.45, 2.75) is 37.9 Å². The highest BCUT2D eigenvalue weighted by Crippen LogP contribution is 2.37. The summed E-state index contributed by atoms with van der Waals surface area (Å²) in [6.45, 7) is 11.5. The first-order valence-corrected chi connectivity index (χ1v) is 5.40. The van der Waals surface area contributed by atoms with Gasteiger partial charge < -0.3 is 14.4 Å². The average molecular weight is 223 g/mol. The minimum atomic E-state index is -0.570. The molecule has 3 atom stereocenters. The van der Waals surface area contributed by atoms with Crippen molar-refractivity contribution in [3.8, 4) is 0 Å². The molecule has 2 rings (SSSR count). The van der Waals surface area contributed by atoms with Crippen LogP contribution in [0.2, 0.25) is 0 Å². The van der Waals surface area contributed by atoms with E-state index in [0.717, 1.165) is 0 Å². The van der Waals surface area contributed by atoms with E-state index in [2.05, 4.69) is 13.2 Å². The fourth-order valence-electron chi connectivity index (χ4n) is 2.40. The molecule has 0 aromatic rings. The van der Waals surface area contributed by atoms with Crippen LogP contribution < -0.4 is 0 Å². The number of likely N-dealkylation sites (tertiary alicyclic amines) is 1. The average Bonchev–Trinajstić information content (AvgIpc) is 2.68. The van der Waals surface area contributed by atoms with Crippen LogP contribution >= 0.6 is 0 Å². The zero-order valence-corrected chi connectivity index (χ0v) is 9.68. The molecule has 2 heterocycles. The molecular formula is C12H17NO3. The quantitative estimate of drug-likeness (QED) is 0.519. The van der Waals surface area contributed by atoms with Crippen LogP contribution in [0.3, 0.4) is 0 Å². The molecule has 0 radical (unpaired) electrons.